The molecule has 0 fully saturated rings. The number of benzene rings is 2. The van der Waals surface area contributed by atoms with E-state index in [0.717, 1.165) is 45.7 Å². The van der Waals surface area contributed by atoms with Crippen molar-refractivity contribution in [2.24, 2.45) is 0 Å². The van der Waals surface area contributed by atoms with Gasteiger partial charge < -0.3 is 19.8 Å². The molecule has 3 heterocycles. The highest BCUT2D eigenvalue weighted by atomic mass is 79.9. The Balaban J connectivity index is 1.54. The van der Waals surface area contributed by atoms with Crippen LogP contribution in [0.2, 0.25) is 0 Å². The predicted octanol–water partition coefficient (Wildman–Crippen LogP) is 5.15. The third-order valence-electron chi connectivity index (χ3n) is 5.54. The molecule has 0 bridgehead atoms. The first-order valence-electron chi connectivity index (χ1n) is 9.97. The molecule has 1 aliphatic heterocycles. The Morgan fingerprint density at radius 3 is 2.90 bits per heavy atom. The van der Waals surface area contributed by atoms with Gasteiger partial charge in [-0.25, -0.2) is 0 Å². The van der Waals surface area contributed by atoms with Crippen molar-refractivity contribution in [3.63, 3.8) is 0 Å². The normalized spacial score (nSPS) is 15.7. The number of aromatic amines is 1. The van der Waals surface area contributed by atoms with Crippen molar-refractivity contribution in [2.75, 3.05) is 13.7 Å². The van der Waals surface area contributed by atoms with Gasteiger partial charge in [0.25, 0.3) is 0 Å². The number of halogens is 1. The molecule has 2 aromatic heterocycles. The molecule has 0 saturated carbocycles. The lowest BCUT2D eigenvalue weighted by Gasteiger charge is -2.26. The van der Waals surface area contributed by atoms with Crippen LogP contribution >= 0.6 is 15.9 Å². The highest BCUT2D eigenvalue weighted by Crippen LogP contribution is 2.39. The van der Waals surface area contributed by atoms with Crippen LogP contribution in [0.5, 0.6) is 11.5 Å². The van der Waals surface area contributed by atoms with Crippen LogP contribution in [0.25, 0.3) is 10.9 Å². The summed E-state index contributed by atoms with van der Waals surface area (Å²) < 4.78 is 12.7. The molecular weight excluding hydrogens is 442 g/mol. The van der Waals surface area contributed by atoms with E-state index in [2.05, 4.69) is 49.4 Å². The first-order valence-corrected chi connectivity index (χ1v) is 10.8. The maximum atomic E-state index is 6.20. The molecule has 0 spiro atoms. The maximum Gasteiger partial charge on any atom is 0.130 e. The Morgan fingerprint density at radius 2 is 2.07 bits per heavy atom. The van der Waals surface area contributed by atoms with Gasteiger partial charge in [0.05, 0.1) is 18.8 Å². The van der Waals surface area contributed by atoms with Gasteiger partial charge in [-0.2, -0.15) is 0 Å². The zero-order valence-corrected chi connectivity index (χ0v) is 18.2. The zero-order valence-electron chi connectivity index (χ0n) is 16.6. The van der Waals surface area contributed by atoms with Crippen molar-refractivity contribution in [1.82, 2.24) is 15.3 Å². The summed E-state index contributed by atoms with van der Waals surface area (Å²) in [5.41, 5.74) is 5.65. The second kappa shape index (κ2) is 8.13. The number of ether oxygens (including phenoxy) is 2. The molecular formula is C24H22BrN3O2. The topological polar surface area (TPSA) is 59.2 Å². The molecule has 2 N–H and O–H groups in total. The number of H-pyrrole nitrogens is 1. The molecule has 5 rings (SSSR count). The monoisotopic (exact) mass is 463 g/mol. The second-order valence-corrected chi connectivity index (χ2v) is 8.27. The van der Waals surface area contributed by atoms with E-state index in [0.29, 0.717) is 6.61 Å². The molecule has 0 saturated heterocycles. The van der Waals surface area contributed by atoms with Gasteiger partial charge in [-0.1, -0.05) is 22.0 Å². The van der Waals surface area contributed by atoms with Crippen LogP contribution in [0.4, 0.5) is 0 Å². The van der Waals surface area contributed by atoms with E-state index < -0.39 is 0 Å². The molecule has 6 heteroatoms. The van der Waals surface area contributed by atoms with E-state index in [1.54, 1.807) is 13.3 Å². The van der Waals surface area contributed by atoms with Crippen LogP contribution in [0.3, 0.4) is 0 Å². The molecule has 4 aromatic rings. The third kappa shape index (κ3) is 3.57. The summed E-state index contributed by atoms with van der Waals surface area (Å²) >= 11 is 3.63. The molecule has 0 radical (unpaired) electrons. The van der Waals surface area contributed by atoms with Crippen molar-refractivity contribution < 1.29 is 9.47 Å². The van der Waals surface area contributed by atoms with Crippen LogP contribution in [0.1, 0.15) is 28.6 Å². The van der Waals surface area contributed by atoms with E-state index in [9.17, 15) is 0 Å². The van der Waals surface area contributed by atoms with E-state index in [-0.39, 0.29) is 6.04 Å². The van der Waals surface area contributed by atoms with E-state index in [1.807, 2.05) is 36.4 Å². The highest BCUT2D eigenvalue weighted by molar-refractivity contribution is 9.10. The summed E-state index contributed by atoms with van der Waals surface area (Å²) in [4.78, 5) is 8.00. The SMILES string of the molecule is COc1ccc2[nH]c3c(c2c1)CCN[C@H]3c1cc(Br)ccc1OCc1ccccn1. The average Bonchev–Trinajstić information content (AvgIpc) is 3.17. The van der Waals surface area contributed by atoms with Crippen LogP contribution < -0.4 is 14.8 Å². The minimum absolute atomic E-state index is 0.0170. The lowest BCUT2D eigenvalue weighted by Crippen LogP contribution is -2.30. The molecule has 1 aliphatic rings. The lowest BCUT2D eigenvalue weighted by molar-refractivity contribution is 0.295. The van der Waals surface area contributed by atoms with E-state index >= 15 is 0 Å². The zero-order chi connectivity index (χ0) is 20.5. The number of fused-ring (bicyclic) bond motifs is 3. The second-order valence-electron chi connectivity index (χ2n) is 7.36. The number of pyridine rings is 1. The molecule has 30 heavy (non-hydrogen) atoms. The maximum absolute atomic E-state index is 6.20. The number of nitrogens with one attached hydrogen (secondary N) is 2. The number of rotatable bonds is 5. The van der Waals surface area contributed by atoms with Crippen LogP contribution in [-0.2, 0) is 13.0 Å². The smallest absolute Gasteiger partial charge is 0.130 e. The number of nitrogens with zero attached hydrogens (tertiary/aromatic N) is 1. The summed E-state index contributed by atoms with van der Waals surface area (Å²) in [5, 5.41) is 4.89. The molecule has 0 aliphatic carbocycles. The Labute approximate surface area is 183 Å². The quantitative estimate of drug-likeness (QED) is 0.429. The standard InChI is InChI=1S/C24H22BrN3O2/c1-29-17-6-7-21-19(13-17)18-9-11-27-23(24(18)28-21)20-12-15(25)5-8-22(20)30-14-16-4-2-3-10-26-16/h2-8,10,12-13,23,27-28H,9,11,14H2,1H3/t23-/m0/s1. The predicted molar refractivity (Wildman–Crippen MR) is 121 cm³/mol. The number of hydrogen-bond acceptors (Lipinski definition) is 4. The van der Waals surface area contributed by atoms with Crippen molar-refractivity contribution >= 4 is 26.8 Å². The van der Waals surface area contributed by atoms with Gasteiger partial charge in [0.2, 0.25) is 0 Å². The largest absolute Gasteiger partial charge is 0.497 e. The summed E-state index contributed by atoms with van der Waals surface area (Å²) in [6, 6.07) is 18.2. The summed E-state index contributed by atoms with van der Waals surface area (Å²) in [6.45, 7) is 1.33. The van der Waals surface area contributed by atoms with Gasteiger partial charge in [-0.3, -0.25) is 4.98 Å². The molecule has 2 aromatic carbocycles. The minimum Gasteiger partial charge on any atom is -0.497 e. The third-order valence-corrected chi connectivity index (χ3v) is 6.04. The van der Waals surface area contributed by atoms with E-state index in [1.165, 1.54) is 16.6 Å². The fourth-order valence-corrected chi connectivity index (χ4v) is 4.49. The minimum atomic E-state index is 0.0170. The fourth-order valence-electron chi connectivity index (χ4n) is 4.11. The summed E-state index contributed by atoms with van der Waals surface area (Å²) in [5.74, 6) is 1.73. The first kappa shape index (κ1) is 19.2. The summed E-state index contributed by atoms with van der Waals surface area (Å²) in [6.07, 6.45) is 2.76. The average molecular weight is 464 g/mol. The van der Waals surface area contributed by atoms with Crippen LogP contribution in [0.15, 0.2) is 65.3 Å². The van der Waals surface area contributed by atoms with Gasteiger partial charge in [-0.05, 0) is 60.5 Å². The Morgan fingerprint density at radius 1 is 1.13 bits per heavy atom. The number of hydrogen-bond donors (Lipinski definition) is 2. The van der Waals surface area contributed by atoms with Gasteiger partial charge in [0.15, 0.2) is 0 Å². The number of aromatic nitrogens is 2. The highest BCUT2D eigenvalue weighted by Gasteiger charge is 2.28. The van der Waals surface area contributed by atoms with Crippen LogP contribution in [0, 0.1) is 0 Å². The molecule has 0 unspecified atom stereocenters. The van der Waals surface area contributed by atoms with Gasteiger partial charge in [-0.15, -0.1) is 0 Å². The van der Waals surface area contributed by atoms with Gasteiger partial charge >= 0.3 is 0 Å². The fraction of sp³-hybridized carbons (Fsp3) is 0.208. The molecule has 1 atom stereocenters. The summed E-state index contributed by atoms with van der Waals surface area (Å²) in [7, 11) is 1.71. The Kier molecular flexibility index (Phi) is 5.19. The van der Waals surface area contributed by atoms with Gasteiger partial charge in [0, 0.05) is 39.4 Å². The van der Waals surface area contributed by atoms with E-state index in [4.69, 9.17) is 9.47 Å². The van der Waals surface area contributed by atoms with Crippen molar-refractivity contribution in [1.29, 1.82) is 0 Å². The number of methoxy groups -OCH3 is 1. The Bertz CT molecular complexity index is 1190. The lowest BCUT2D eigenvalue weighted by atomic mass is 9.94. The van der Waals surface area contributed by atoms with Crippen molar-refractivity contribution in [3.05, 3.63) is 87.8 Å². The Hall–Kier alpha value is -2.83. The van der Waals surface area contributed by atoms with Crippen LogP contribution in [-0.4, -0.2) is 23.6 Å². The van der Waals surface area contributed by atoms with Crippen molar-refractivity contribution in [2.45, 2.75) is 19.1 Å². The molecule has 0 amide bonds. The van der Waals surface area contributed by atoms with Crippen molar-refractivity contribution in [3.8, 4) is 11.5 Å². The molecule has 5 nitrogen and oxygen atoms in total. The van der Waals surface area contributed by atoms with Gasteiger partial charge in [0.1, 0.15) is 18.1 Å². The molecule has 152 valence electrons. The first-order chi connectivity index (χ1) is 14.7.